The maximum atomic E-state index is 12.0. The first-order chi connectivity index (χ1) is 9.46. The van der Waals surface area contributed by atoms with Crippen molar-refractivity contribution < 1.29 is 22.6 Å². The summed E-state index contributed by atoms with van der Waals surface area (Å²) < 4.78 is 45.1. The van der Waals surface area contributed by atoms with Crippen molar-refractivity contribution >= 4 is 0 Å². The molecular weight excluding hydrogens is 273 g/mol. The lowest BCUT2D eigenvalue weighted by molar-refractivity contribution is -0.274. The molecule has 4 nitrogen and oxygen atoms in total. The predicted octanol–water partition coefficient (Wildman–Crippen LogP) is 2.31. The highest BCUT2D eigenvalue weighted by atomic mass is 19.4. The van der Waals surface area contributed by atoms with Crippen LogP contribution in [-0.2, 0) is 11.3 Å². The molecule has 1 aromatic rings. The normalized spacial score (nSPS) is 20.4. The fourth-order valence-corrected chi connectivity index (χ4v) is 1.98. The number of alkyl halides is 3. The second-order valence-corrected chi connectivity index (χ2v) is 4.42. The highest BCUT2D eigenvalue weighted by molar-refractivity contribution is 5.27. The van der Waals surface area contributed by atoms with E-state index in [0.29, 0.717) is 26.2 Å². The van der Waals surface area contributed by atoms with E-state index in [1.165, 1.54) is 12.1 Å². The molecule has 1 unspecified atom stereocenters. The predicted molar refractivity (Wildman–Crippen MR) is 63.8 cm³/mol. The number of rotatable bonds is 3. The molecule has 0 radical (unpaired) electrons. The van der Waals surface area contributed by atoms with Gasteiger partial charge in [0.2, 0.25) is 0 Å². The molecular formula is C13H13F3N2O2. The Balaban J connectivity index is 1.92. The summed E-state index contributed by atoms with van der Waals surface area (Å²) in [6, 6.07) is 7.77. The van der Waals surface area contributed by atoms with Gasteiger partial charge >= 0.3 is 6.36 Å². The third-order valence-corrected chi connectivity index (χ3v) is 2.86. The van der Waals surface area contributed by atoms with Gasteiger partial charge < -0.3 is 9.47 Å². The Bertz CT molecular complexity index is 482. The maximum absolute atomic E-state index is 12.0. The van der Waals surface area contributed by atoms with Gasteiger partial charge in [-0.3, -0.25) is 4.90 Å². The number of morpholine rings is 1. The number of nitriles is 1. The first-order valence-corrected chi connectivity index (χ1v) is 6.04. The van der Waals surface area contributed by atoms with Gasteiger partial charge in [0.05, 0.1) is 12.7 Å². The van der Waals surface area contributed by atoms with Crippen molar-refractivity contribution in [2.75, 3.05) is 19.7 Å². The zero-order chi connectivity index (χ0) is 14.6. The molecule has 2 rings (SSSR count). The molecule has 1 fully saturated rings. The van der Waals surface area contributed by atoms with Gasteiger partial charge in [-0.25, -0.2) is 0 Å². The molecule has 0 aromatic heterocycles. The summed E-state index contributed by atoms with van der Waals surface area (Å²) in [4.78, 5) is 2.02. The zero-order valence-electron chi connectivity index (χ0n) is 10.6. The molecule has 0 bridgehead atoms. The van der Waals surface area contributed by atoms with Crippen LogP contribution in [0.2, 0.25) is 0 Å². The van der Waals surface area contributed by atoms with E-state index in [1.807, 2.05) is 11.0 Å². The number of ether oxygens (including phenoxy) is 2. The number of halogens is 3. The van der Waals surface area contributed by atoms with Crippen molar-refractivity contribution in [1.29, 1.82) is 5.26 Å². The largest absolute Gasteiger partial charge is 0.573 e. The fourth-order valence-electron chi connectivity index (χ4n) is 1.98. The van der Waals surface area contributed by atoms with Crippen molar-refractivity contribution in [1.82, 2.24) is 4.90 Å². The van der Waals surface area contributed by atoms with E-state index in [0.717, 1.165) is 5.56 Å². The molecule has 1 aliphatic heterocycles. The summed E-state index contributed by atoms with van der Waals surface area (Å²) in [6.45, 7) is 2.23. The highest BCUT2D eigenvalue weighted by Crippen LogP contribution is 2.23. The minimum absolute atomic E-state index is 0.238. The summed E-state index contributed by atoms with van der Waals surface area (Å²) in [6.07, 6.45) is -5.12. The van der Waals surface area contributed by atoms with Crippen LogP contribution in [0.5, 0.6) is 5.75 Å². The Morgan fingerprint density at radius 2 is 2.05 bits per heavy atom. The van der Waals surface area contributed by atoms with E-state index in [1.54, 1.807) is 12.1 Å². The third kappa shape index (κ3) is 4.40. The van der Waals surface area contributed by atoms with E-state index in [4.69, 9.17) is 10.00 Å². The van der Waals surface area contributed by atoms with Crippen LogP contribution in [0, 0.1) is 11.3 Å². The molecule has 1 heterocycles. The molecule has 0 saturated carbocycles. The van der Waals surface area contributed by atoms with Crippen LogP contribution in [0.3, 0.4) is 0 Å². The minimum atomic E-state index is -4.67. The van der Waals surface area contributed by atoms with Crippen LogP contribution in [0.1, 0.15) is 5.56 Å². The summed E-state index contributed by atoms with van der Waals surface area (Å²) >= 11 is 0. The van der Waals surface area contributed by atoms with Crippen LogP contribution in [0.15, 0.2) is 24.3 Å². The smallest absolute Gasteiger partial charge is 0.406 e. The Labute approximate surface area is 114 Å². The highest BCUT2D eigenvalue weighted by Gasteiger charge is 2.31. The summed E-state index contributed by atoms with van der Waals surface area (Å²) in [5.74, 6) is -0.238. The van der Waals surface area contributed by atoms with Crippen LogP contribution >= 0.6 is 0 Å². The molecule has 7 heteroatoms. The summed E-state index contributed by atoms with van der Waals surface area (Å²) in [5, 5.41) is 8.79. The summed E-state index contributed by atoms with van der Waals surface area (Å²) in [7, 11) is 0. The van der Waals surface area contributed by atoms with E-state index in [-0.39, 0.29) is 5.75 Å². The van der Waals surface area contributed by atoms with Gasteiger partial charge in [-0.15, -0.1) is 13.2 Å². The lowest BCUT2D eigenvalue weighted by Crippen LogP contribution is -2.41. The third-order valence-electron chi connectivity index (χ3n) is 2.86. The summed E-state index contributed by atoms with van der Waals surface area (Å²) in [5.41, 5.74) is 0.859. The van der Waals surface area contributed by atoms with Crippen molar-refractivity contribution in [2.24, 2.45) is 0 Å². The van der Waals surface area contributed by atoms with Crippen LogP contribution in [0.25, 0.3) is 0 Å². The van der Waals surface area contributed by atoms with Crippen LogP contribution in [-0.4, -0.2) is 37.1 Å². The van der Waals surface area contributed by atoms with Crippen LogP contribution in [0.4, 0.5) is 13.2 Å². The van der Waals surface area contributed by atoms with Crippen molar-refractivity contribution in [3.05, 3.63) is 29.8 Å². The Hall–Kier alpha value is -1.78. The monoisotopic (exact) mass is 286 g/mol. The minimum Gasteiger partial charge on any atom is -0.406 e. The number of hydrogen-bond acceptors (Lipinski definition) is 4. The molecule has 108 valence electrons. The van der Waals surface area contributed by atoms with Gasteiger partial charge in [0, 0.05) is 19.6 Å². The lowest BCUT2D eigenvalue weighted by atomic mass is 10.2. The molecule has 1 aromatic carbocycles. The van der Waals surface area contributed by atoms with E-state index in [2.05, 4.69) is 4.74 Å². The van der Waals surface area contributed by atoms with Crippen molar-refractivity contribution in [2.45, 2.75) is 19.0 Å². The molecule has 20 heavy (non-hydrogen) atoms. The van der Waals surface area contributed by atoms with Gasteiger partial charge in [-0.1, -0.05) is 12.1 Å². The van der Waals surface area contributed by atoms with Gasteiger partial charge in [0.25, 0.3) is 0 Å². The Kier molecular flexibility index (Phi) is 4.47. The fraction of sp³-hybridized carbons (Fsp3) is 0.462. The zero-order valence-corrected chi connectivity index (χ0v) is 10.6. The second kappa shape index (κ2) is 6.11. The van der Waals surface area contributed by atoms with Gasteiger partial charge in [-0.05, 0) is 17.7 Å². The van der Waals surface area contributed by atoms with Gasteiger partial charge in [0.1, 0.15) is 5.75 Å². The van der Waals surface area contributed by atoms with Crippen LogP contribution < -0.4 is 4.74 Å². The molecule has 0 amide bonds. The lowest BCUT2D eigenvalue weighted by Gasteiger charge is -2.29. The first-order valence-electron chi connectivity index (χ1n) is 6.04. The average molecular weight is 286 g/mol. The van der Waals surface area contributed by atoms with Crippen molar-refractivity contribution in [3.8, 4) is 11.8 Å². The number of nitrogens with zero attached hydrogens (tertiary/aromatic N) is 2. The first kappa shape index (κ1) is 14.6. The maximum Gasteiger partial charge on any atom is 0.573 e. The molecule has 1 saturated heterocycles. The van der Waals surface area contributed by atoms with Gasteiger partial charge in [-0.2, -0.15) is 5.26 Å². The van der Waals surface area contributed by atoms with Crippen molar-refractivity contribution in [3.63, 3.8) is 0 Å². The quantitative estimate of drug-likeness (QED) is 0.855. The Morgan fingerprint density at radius 3 is 2.65 bits per heavy atom. The number of benzene rings is 1. The topological polar surface area (TPSA) is 45.5 Å². The molecule has 1 atom stereocenters. The molecule has 0 aliphatic carbocycles. The second-order valence-electron chi connectivity index (χ2n) is 4.42. The SMILES string of the molecule is N#CC1CN(Cc2ccc(OC(F)(F)F)cc2)CCO1. The molecule has 0 N–H and O–H groups in total. The van der Waals surface area contributed by atoms with Gasteiger partial charge in [0.15, 0.2) is 6.10 Å². The van der Waals surface area contributed by atoms with E-state index >= 15 is 0 Å². The molecule has 1 aliphatic rings. The number of hydrogen-bond donors (Lipinski definition) is 0. The standard InChI is InChI=1S/C13H13F3N2O2/c14-13(15,16)20-11-3-1-10(2-4-11)8-18-5-6-19-12(7-17)9-18/h1-4,12H,5-6,8-9H2. The van der Waals surface area contributed by atoms with E-state index in [9.17, 15) is 13.2 Å². The van der Waals surface area contributed by atoms with E-state index < -0.39 is 12.5 Å². The Morgan fingerprint density at radius 1 is 1.35 bits per heavy atom. The average Bonchev–Trinajstić information content (AvgIpc) is 2.40. The molecule has 0 spiro atoms.